The predicted molar refractivity (Wildman–Crippen MR) is 133 cm³/mol. The molecule has 0 fully saturated rings. The van der Waals surface area contributed by atoms with Gasteiger partial charge in [0.1, 0.15) is 23.0 Å². The average molecular weight is 455 g/mol. The number of carboxylic acids is 1. The molecule has 1 unspecified atom stereocenters. The van der Waals surface area contributed by atoms with Crippen LogP contribution in [-0.2, 0) is 17.6 Å². The predicted octanol–water partition coefficient (Wildman–Crippen LogP) is 5.58. The van der Waals surface area contributed by atoms with E-state index in [1.807, 2.05) is 60.9 Å². The molecule has 7 heteroatoms. The summed E-state index contributed by atoms with van der Waals surface area (Å²) in [5, 5.41) is 16.1. The van der Waals surface area contributed by atoms with E-state index in [4.69, 9.17) is 0 Å². The van der Waals surface area contributed by atoms with Crippen molar-refractivity contribution >= 4 is 44.1 Å². The van der Waals surface area contributed by atoms with Gasteiger partial charge in [0, 0.05) is 40.2 Å². The number of aromatic nitrogens is 3. The third-order valence-corrected chi connectivity index (χ3v) is 6.95. The lowest BCUT2D eigenvalue weighted by Gasteiger charge is -2.17. The van der Waals surface area contributed by atoms with E-state index in [2.05, 4.69) is 33.3 Å². The summed E-state index contributed by atoms with van der Waals surface area (Å²) in [4.78, 5) is 27.6. The van der Waals surface area contributed by atoms with Crippen molar-refractivity contribution in [2.45, 2.75) is 25.8 Å². The molecule has 33 heavy (non-hydrogen) atoms. The van der Waals surface area contributed by atoms with Gasteiger partial charge in [-0.2, -0.15) is 0 Å². The van der Waals surface area contributed by atoms with E-state index in [0.717, 1.165) is 44.1 Å². The highest BCUT2D eigenvalue weighted by atomic mass is 32.1. The summed E-state index contributed by atoms with van der Waals surface area (Å²) < 4.78 is 0. The van der Waals surface area contributed by atoms with Crippen molar-refractivity contribution in [2.75, 3.05) is 5.32 Å². The van der Waals surface area contributed by atoms with Crippen molar-refractivity contribution in [3.05, 3.63) is 83.8 Å². The van der Waals surface area contributed by atoms with E-state index in [9.17, 15) is 9.90 Å². The van der Waals surface area contributed by atoms with Crippen LogP contribution in [0, 0.1) is 0 Å². The lowest BCUT2D eigenvalue weighted by atomic mass is 9.98. The third-order valence-electron chi connectivity index (χ3n) is 5.71. The first-order chi connectivity index (χ1) is 16.2. The number of thiophene rings is 1. The first-order valence-electron chi connectivity index (χ1n) is 10.8. The second-order valence-electron chi connectivity index (χ2n) is 7.79. The van der Waals surface area contributed by atoms with Gasteiger partial charge in [-0.25, -0.2) is 14.8 Å². The highest BCUT2D eigenvalue weighted by Gasteiger charge is 2.24. The highest BCUT2D eigenvalue weighted by molar-refractivity contribution is 7.19. The number of carbonyl (C=O) groups is 1. The van der Waals surface area contributed by atoms with Gasteiger partial charge in [0.25, 0.3) is 0 Å². The van der Waals surface area contributed by atoms with Crippen LogP contribution < -0.4 is 5.32 Å². The van der Waals surface area contributed by atoms with Gasteiger partial charge >= 0.3 is 5.97 Å². The standard InChI is InChI=1S/C26H22N4O2S/c1-2-21-22(19-14-27-13-17-10-6-7-11-18(17)19)23-24(28-15-29-25(23)33-21)30-20(26(31)32)12-16-8-4-3-5-9-16/h3-11,13-15,20H,2,12H2,1H3,(H,31,32)(H,28,29,30). The first-order valence-corrected chi connectivity index (χ1v) is 11.6. The van der Waals surface area contributed by atoms with E-state index >= 15 is 0 Å². The zero-order valence-corrected chi connectivity index (χ0v) is 18.8. The molecule has 2 N–H and O–H groups in total. The SMILES string of the molecule is CCc1sc2ncnc(NC(Cc3ccccc3)C(=O)O)c2c1-c1cncc2ccccc12. The zero-order chi connectivity index (χ0) is 22.8. The topological polar surface area (TPSA) is 88.0 Å². The van der Waals surface area contributed by atoms with Crippen molar-refractivity contribution < 1.29 is 9.90 Å². The van der Waals surface area contributed by atoms with E-state index < -0.39 is 12.0 Å². The molecule has 0 radical (unpaired) electrons. The van der Waals surface area contributed by atoms with E-state index in [0.29, 0.717) is 12.2 Å². The Kier molecular flexibility index (Phi) is 5.71. The van der Waals surface area contributed by atoms with Crippen molar-refractivity contribution in [1.82, 2.24) is 15.0 Å². The Bertz CT molecular complexity index is 1440. The summed E-state index contributed by atoms with van der Waals surface area (Å²) in [5.74, 6) is -0.396. The molecular weight excluding hydrogens is 432 g/mol. The van der Waals surface area contributed by atoms with Gasteiger partial charge in [-0.1, -0.05) is 61.5 Å². The van der Waals surface area contributed by atoms with Gasteiger partial charge < -0.3 is 10.4 Å². The van der Waals surface area contributed by atoms with Gasteiger partial charge in [0.15, 0.2) is 0 Å². The molecule has 0 spiro atoms. The highest BCUT2D eigenvalue weighted by Crippen LogP contribution is 2.43. The normalized spacial score (nSPS) is 12.2. The minimum absolute atomic E-state index is 0.345. The van der Waals surface area contributed by atoms with Gasteiger partial charge in [-0.3, -0.25) is 4.98 Å². The monoisotopic (exact) mass is 454 g/mol. The zero-order valence-electron chi connectivity index (χ0n) is 18.0. The lowest BCUT2D eigenvalue weighted by molar-refractivity contribution is -0.137. The van der Waals surface area contributed by atoms with Crippen LogP contribution in [-0.4, -0.2) is 32.1 Å². The van der Waals surface area contributed by atoms with Crippen LogP contribution >= 0.6 is 11.3 Å². The van der Waals surface area contributed by atoms with E-state index in [-0.39, 0.29) is 0 Å². The van der Waals surface area contributed by atoms with Crippen LogP contribution in [0.5, 0.6) is 0 Å². The summed E-state index contributed by atoms with van der Waals surface area (Å²) in [7, 11) is 0. The molecule has 0 saturated carbocycles. The summed E-state index contributed by atoms with van der Waals surface area (Å²) in [5.41, 5.74) is 2.97. The molecule has 3 aromatic heterocycles. The molecule has 3 heterocycles. The number of nitrogens with zero attached hydrogens (tertiary/aromatic N) is 3. The second kappa shape index (κ2) is 8.96. The first kappa shape index (κ1) is 21.0. The second-order valence-corrected chi connectivity index (χ2v) is 8.87. The summed E-state index contributed by atoms with van der Waals surface area (Å²) in [6.45, 7) is 2.11. The van der Waals surface area contributed by atoms with Crippen molar-refractivity contribution in [2.24, 2.45) is 0 Å². The van der Waals surface area contributed by atoms with E-state index in [1.165, 1.54) is 11.2 Å². The van der Waals surface area contributed by atoms with Gasteiger partial charge in [-0.05, 0) is 17.4 Å². The van der Waals surface area contributed by atoms with Crippen LogP contribution in [0.4, 0.5) is 5.82 Å². The summed E-state index contributed by atoms with van der Waals surface area (Å²) in [6.07, 6.45) is 6.39. The minimum atomic E-state index is -0.926. The summed E-state index contributed by atoms with van der Waals surface area (Å²) >= 11 is 1.61. The Morgan fingerprint density at radius 1 is 1.06 bits per heavy atom. The average Bonchev–Trinajstić information content (AvgIpc) is 3.23. The number of fused-ring (bicyclic) bond motifs is 2. The number of benzene rings is 2. The molecule has 1 atom stereocenters. The molecule has 0 bridgehead atoms. The molecule has 2 aromatic carbocycles. The maximum atomic E-state index is 12.1. The largest absolute Gasteiger partial charge is 0.480 e. The number of hydrogen-bond donors (Lipinski definition) is 2. The fourth-order valence-corrected chi connectivity index (χ4v) is 5.25. The number of nitrogens with one attached hydrogen (secondary N) is 1. The molecule has 5 rings (SSSR count). The number of aliphatic carboxylic acids is 1. The third kappa shape index (κ3) is 4.03. The molecule has 0 amide bonds. The Morgan fingerprint density at radius 2 is 1.85 bits per heavy atom. The van der Waals surface area contributed by atoms with Crippen LogP contribution in [0.3, 0.4) is 0 Å². The Balaban J connectivity index is 1.66. The van der Waals surface area contributed by atoms with Crippen LogP contribution in [0.2, 0.25) is 0 Å². The molecule has 0 saturated heterocycles. The maximum absolute atomic E-state index is 12.1. The van der Waals surface area contributed by atoms with Crippen LogP contribution in [0.15, 0.2) is 73.3 Å². The number of pyridine rings is 1. The number of carboxylic acid groups (broad SMARTS) is 1. The molecule has 164 valence electrons. The quantitative estimate of drug-likeness (QED) is 0.334. The van der Waals surface area contributed by atoms with Gasteiger partial charge in [0.2, 0.25) is 0 Å². The molecule has 5 aromatic rings. The Labute approximate surface area is 195 Å². The van der Waals surface area contributed by atoms with Crippen molar-refractivity contribution in [1.29, 1.82) is 0 Å². The molecular formula is C26H22N4O2S. The van der Waals surface area contributed by atoms with Gasteiger partial charge in [0.05, 0.1) is 5.39 Å². The van der Waals surface area contributed by atoms with Crippen molar-refractivity contribution in [3.8, 4) is 11.1 Å². The Morgan fingerprint density at radius 3 is 2.64 bits per heavy atom. The fourth-order valence-electron chi connectivity index (χ4n) is 4.15. The Hall–Kier alpha value is -3.84. The lowest BCUT2D eigenvalue weighted by Crippen LogP contribution is -2.32. The van der Waals surface area contributed by atoms with Crippen LogP contribution in [0.25, 0.3) is 32.1 Å². The van der Waals surface area contributed by atoms with Crippen LogP contribution in [0.1, 0.15) is 17.4 Å². The molecule has 0 aliphatic carbocycles. The summed E-state index contributed by atoms with van der Waals surface area (Å²) in [6, 6.07) is 16.9. The number of anilines is 1. The smallest absolute Gasteiger partial charge is 0.326 e. The molecule has 0 aliphatic heterocycles. The molecule has 0 aliphatic rings. The minimum Gasteiger partial charge on any atom is -0.480 e. The van der Waals surface area contributed by atoms with E-state index in [1.54, 1.807) is 11.3 Å². The maximum Gasteiger partial charge on any atom is 0.326 e. The number of rotatable bonds is 7. The van der Waals surface area contributed by atoms with Gasteiger partial charge in [-0.15, -0.1) is 11.3 Å². The fraction of sp³-hybridized carbons (Fsp3) is 0.154. The number of hydrogen-bond acceptors (Lipinski definition) is 6. The molecule has 6 nitrogen and oxygen atoms in total. The number of aryl methyl sites for hydroxylation is 1. The van der Waals surface area contributed by atoms with Crippen molar-refractivity contribution in [3.63, 3.8) is 0 Å².